The monoisotopic (exact) mass is 286 g/mol. The van der Waals surface area contributed by atoms with Gasteiger partial charge in [-0.1, -0.05) is 34.6 Å². The molecule has 0 amide bonds. The fourth-order valence-corrected chi connectivity index (χ4v) is 1.77. The molecule has 0 atom stereocenters. The quantitative estimate of drug-likeness (QED) is 0.533. The summed E-state index contributed by atoms with van der Waals surface area (Å²) in [4.78, 5) is 10.7. The zero-order chi connectivity index (χ0) is 15.6. The molecule has 0 radical (unpaired) electrons. The molecular formula is C17H34O3. The second-order valence-electron chi connectivity index (χ2n) is 7.70. The number of rotatable bonds is 11. The number of hydrogen-bond donors (Lipinski definition) is 0. The summed E-state index contributed by atoms with van der Waals surface area (Å²) < 4.78 is 10.8. The van der Waals surface area contributed by atoms with Gasteiger partial charge >= 0.3 is 0 Å². The van der Waals surface area contributed by atoms with Gasteiger partial charge in [0.25, 0.3) is 0 Å². The van der Waals surface area contributed by atoms with Crippen molar-refractivity contribution in [3.63, 3.8) is 0 Å². The van der Waals surface area contributed by atoms with E-state index in [9.17, 15) is 4.79 Å². The van der Waals surface area contributed by atoms with Crippen molar-refractivity contribution >= 4 is 5.78 Å². The lowest BCUT2D eigenvalue weighted by atomic mass is 9.78. The van der Waals surface area contributed by atoms with E-state index in [0.29, 0.717) is 24.0 Å². The first-order chi connectivity index (χ1) is 9.12. The molecule has 0 saturated heterocycles. The molecule has 0 spiro atoms. The molecule has 0 aromatic heterocycles. The van der Waals surface area contributed by atoms with Gasteiger partial charge in [0.05, 0.1) is 0 Å². The summed E-state index contributed by atoms with van der Waals surface area (Å²) >= 11 is 0. The Bertz CT molecular complexity index is 264. The van der Waals surface area contributed by atoms with Crippen molar-refractivity contribution in [3.05, 3.63) is 0 Å². The molecule has 0 aliphatic carbocycles. The summed E-state index contributed by atoms with van der Waals surface area (Å²) in [7, 11) is 0. The largest absolute Gasteiger partial charge is 0.381 e. The van der Waals surface area contributed by atoms with Gasteiger partial charge in [-0.2, -0.15) is 0 Å². The molecule has 0 aromatic carbocycles. The maximum Gasteiger partial charge on any atom is 0.155 e. The first-order valence-electron chi connectivity index (χ1n) is 7.77. The fourth-order valence-electron chi connectivity index (χ4n) is 1.77. The lowest BCUT2D eigenvalue weighted by Crippen LogP contribution is -2.18. The molecule has 0 bridgehead atoms. The zero-order valence-corrected chi connectivity index (χ0v) is 14.4. The first kappa shape index (κ1) is 19.6. The van der Waals surface area contributed by atoms with Crippen LogP contribution in [0.15, 0.2) is 0 Å². The Hall–Kier alpha value is -0.410. The predicted octanol–water partition coefficient (Wildman–Crippen LogP) is 4.24. The van der Waals surface area contributed by atoms with Gasteiger partial charge in [0.1, 0.15) is 6.61 Å². The summed E-state index contributed by atoms with van der Waals surface area (Å²) in [5.74, 6) is 0.0755. The molecule has 0 unspecified atom stereocenters. The average Bonchev–Trinajstić information content (AvgIpc) is 2.29. The van der Waals surface area contributed by atoms with Crippen molar-refractivity contribution < 1.29 is 14.3 Å². The third-order valence-electron chi connectivity index (χ3n) is 3.36. The van der Waals surface area contributed by atoms with Crippen molar-refractivity contribution in [1.29, 1.82) is 0 Å². The average molecular weight is 286 g/mol. The maximum absolute atomic E-state index is 10.7. The van der Waals surface area contributed by atoms with E-state index in [1.54, 1.807) is 0 Å². The minimum atomic E-state index is 0.0755. The van der Waals surface area contributed by atoms with Gasteiger partial charge in [0.2, 0.25) is 0 Å². The highest BCUT2D eigenvalue weighted by Crippen LogP contribution is 2.32. The van der Waals surface area contributed by atoms with E-state index in [0.717, 1.165) is 19.4 Å². The summed E-state index contributed by atoms with van der Waals surface area (Å²) in [5.41, 5.74) is 0.755. The molecule has 0 rings (SSSR count). The van der Waals surface area contributed by atoms with E-state index >= 15 is 0 Å². The number of hydrogen-bond acceptors (Lipinski definition) is 3. The van der Waals surface area contributed by atoms with Crippen LogP contribution in [-0.2, 0) is 14.3 Å². The van der Waals surface area contributed by atoms with Gasteiger partial charge in [0, 0.05) is 19.8 Å². The van der Waals surface area contributed by atoms with Crippen molar-refractivity contribution in [3.8, 4) is 0 Å². The van der Waals surface area contributed by atoms with Gasteiger partial charge in [-0.15, -0.1) is 0 Å². The van der Waals surface area contributed by atoms with E-state index < -0.39 is 0 Å². The van der Waals surface area contributed by atoms with Crippen LogP contribution in [0.25, 0.3) is 0 Å². The van der Waals surface area contributed by atoms with E-state index in [1.807, 2.05) is 0 Å². The SMILES string of the molecule is CC(=O)COCCCOCCC(C)(C)CCC(C)(C)C. The van der Waals surface area contributed by atoms with Crippen LogP contribution in [0.5, 0.6) is 0 Å². The van der Waals surface area contributed by atoms with Crippen LogP contribution in [0.3, 0.4) is 0 Å². The Morgan fingerprint density at radius 3 is 2.00 bits per heavy atom. The van der Waals surface area contributed by atoms with Crippen molar-refractivity contribution in [2.75, 3.05) is 26.4 Å². The number of ether oxygens (including phenoxy) is 2. The summed E-state index contributed by atoms with van der Waals surface area (Å²) in [6, 6.07) is 0. The van der Waals surface area contributed by atoms with Crippen molar-refractivity contribution in [2.24, 2.45) is 10.8 Å². The third-order valence-corrected chi connectivity index (χ3v) is 3.36. The molecule has 0 N–H and O–H groups in total. The lowest BCUT2D eigenvalue weighted by Gasteiger charge is -2.28. The van der Waals surface area contributed by atoms with Crippen LogP contribution >= 0.6 is 0 Å². The number of ketones is 1. The summed E-state index contributed by atoms with van der Waals surface area (Å²) in [5, 5.41) is 0. The second-order valence-corrected chi connectivity index (χ2v) is 7.70. The van der Waals surface area contributed by atoms with Gasteiger partial charge in [-0.25, -0.2) is 0 Å². The van der Waals surface area contributed by atoms with Crippen LogP contribution in [-0.4, -0.2) is 32.2 Å². The van der Waals surface area contributed by atoms with Gasteiger partial charge in [-0.05, 0) is 43.4 Å². The van der Waals surface area contributed by atoms with E-state index in [4.69, 9.17) is 9.47 Å². The Morgan fingerprint density at radius 1 is 0.850 bits per heavy atom. The summed E-state index contributed by atoms with van der Waals surface area (Å²) in [6.45, 7) is 15.4. The Kier molecular flexibility index (Phi) is 9.32. The Morgan fingerprint density at radius 2 is 1.45 bits per heavy atom. The highest BCUT2D eigenvalue weighted by molar-refractivity contribution is 5.76. The predicted molar refractivity (Wildman–Crippen MR) is 84.0 cm³/mol. The standard InChI is InChI=1S/C17H34O3/c1-15(18)14-20-12-7-11-19-13-10-17(5,6)9-8-16(2,3)4/h7-14H2,1-6H3. The number of carbonyl (C=O) groups excluding carboxylic acids is 1. The molecule has 20 heavy (non-hydrogen) atoms. The van der Waals surface area contributed by atoms with Crippen molar-refractivity contribution in [2.45, 2.75) is 67.2 Å². The number of Topliss-reactive ketones (excluding diaryl/α,β-unsaturated/α-hetero) is 1. The van der Waals surface area contributed by atoms with Crippen LogP contribution in [0.4, 0.5) is 0 Å². The molecule has 0 saturated carbocycles. The normalized spacial score (nSPS) is 12.7. The van der Waals surface area contributed by atoms with Crippen LogP contribution in [0.2, 0.25) is 0 Å². The highest BCUT2D eigenvalue weighted by Gasteiger charge is 2.21. The topological polar surface area (TPSA) is 35.5 Å². The molecule has 0 aromatic rings. The molecule has 0 heterocycles. The molecule has 0 aliphatic heterocycles. The highest BCUT2D eigenvalue weighted by atomic mass is 16.5. The van der Waals surface area contributed by atoms with Crippen LogP contribution < -0.4 is 0 Å². The van der Waals surface area contributed by atoms with Crippen LogP contribution in [0.1, 0.15) is 67.2 Å². The number of carbonyl (C=O) groups is 1. The lowest BCUT2D eigenvalue weighted by molar-refractivity contribution is -0.121. The van der Waals surface area contributed by atoms with Gasteiger partial charge in [-0.3, -0.25) is 4.79 Å². The Labute approximate surface area is 125 Å². The third kappa shape index (κ3) is 14.0. The van der Waals surface area contributed by atoms with Crippen molar-refractivity contribution in [1.82, 2.24) is 0 Å². The van der Waals surface area contributed by atoms with E-state index in [2.05, 4.69) is 34.6 Å². The van der Waals surface area contributed by atoms with Crippen LogP contribution in [0, 0.1) is 10.8 Å². The fraction of sp³-hybridized carbons (Fsp3) is 0.941. The molecule has 3 nitrogen and oxygen atoms in total. The summed E-state index contributed by atoms with van der Waals surface area (Å²) in [6.07, 6.45) is 4.44. The van der Waals surface area contributed by atoms with E-state index in [1.165, 1.54) is 19.8 Å². The molecule has 120 valence electrons. The molecule has 0 aliphatic rings. The smallest absolute Gasteiger partial charge is 0.155 e. The second kappa shape index (κ2) is 9.51. The molecule has 3 heteroatoms. The first-order valence-corrected chi connectivity index (χ1v) is 7.77. The van der Waals surface area contributed by atoms with Gasteiger partial charge < -0.3 is 9.47 Å². The maximum atomic E-state index is 10.7. The van der Waals surface area contributed by atoms with E-state index in [-0.39, 0.29) is 12.4 Å². The zero-order valence-electron chi connectivity index (χ0n) is 14.4. The molecule has 0 fully saturated rings. The van der Waals surface area contributed by atoms with Gasteiger partial charge in [0.15, 0.2) is 5.78 Å². The minimum absolute atomic E-state index is 0.0755. The Balaban J connectivity index is 3.51. The minimum Gasteiger partial charge on any atom is -0.381 e. The molecular weight excluding hydrogens is 252 g/mol.